The van der Waals surface area contributed by atoms with Crippen molar-refractivity contribution in [3.8, 4) is 5.75 Å². The fraction of sp³-hybridized carbons (Fsp3) is 0.448. The molecule has 2 aromatic carbocycles. The van der Waals surface area contributed by atoms with E-state index in [2.05, 4.69) is 32.6 Å². The lowest BCUT2D eigenvalue weighted by Gasteiger charge is -2.28. The van der Waals surface area contributed by atoms with Gasteiger partial charge in [-0.3, -0.25) is 9.59 Å². The van der Waals surface area contributed by atoms with Crippen molar-refractivity contribution < 1.29 is 19.4 Å². The summed E-state index contributed by atoms with van der Waals surface area (Å²) in [5.74, 6) is -0.258. The van der Waals surface area contributed by atoms with Gasteiger partial charge in [-0.05, 0) is 62.2 Å². The zero-order valence-corrected chi connectivity index (χ0v) is 21.8. The van der Waals surface area contributed by atoms with Crippen LogP contribution >= 0.6 is 0 Å². The lowest BCUT2D eigenvalue weighted by Crippen LogP contribution is -2.38. The Morgan fingerprint density at radius 1 is 1.06 bits per heavy atom. The number of rotatable bonds is 10. The van der Waals surface area contributed by atoms with Gasteiger partial charge >= 0.3 is 0 Å². The molecule has 0 bridgehead atoms. The summed E-state index contributed by atoms with van der Waals surface area (Å²) in [6.45, 7) is 15.6. The Bertz CT molecular complexity index is 1080. The average Bonchev–Trinajstić information content (AvgIpc) is 3.08. The van der Waals surface area contributed by atoms with E-state index in [9.17, 15) is 14.7 Å². The Morgan fingerprint density at radius 2 is 1.71 bits per heavy atom. The summed E-state index contributed by atoms with van der Waals surface area (Å²) in [5.41, 5.74) is 3.34. The summed E-state index contributed by atoms with van der Waals surface area (Å²) < 4.78 is 5.81. The van der Waals surface area contributed by atoms with Crippen LogP contribution in [-0.2, 0) is 9.59 Å². The molecule has 1 fully saturated rings. The van der Waals surface area contributed by atoms with Crippen LogP contribution < -0.4 is 4.74 Å². The van der Waals surface area contributed by atoms with E-state index in [-0.39, 0.29) is 11.3 Å². The van der Waals surface area contributed by atoms with Crippen molar-refractivity contribution >= 4 is 17.4 Å². The number of amides is 1. The Kier molecular flexibility index (Phi) is 8.73. The van der Waals surface area contributed by atoms with Gasteiger partial charge in [0.25, 0.3) is 11.7 Å². The van der Waals surface area contributed by atoms with Crippen LogP contribution in [0, 0.1) is 19.8 Å². The number of aliphatic hydroxyl groups excluding tert-OH is 1. The predicted molar refractivity (Wildman–Crippen MR) is 139 cm³/mol. The van der Waals surface area contributed by atoms with Crippen LogP contribution in [0.2, 0.25) is 0 Å². The van der Waals surface area contributed by atoms with Crippen LogP contribution in [-0.4, -0.2) is 59.4 Å². The van der Waals surface area contributed by atoms with Gasteiger partial charge in [-0.25, -0.2) is 0 Å². The molecule has 3 rings (SSSR count). The van der Waals surface area contributed by atoms with Crippen LogP contribution in [0.4, 0.5) is 0 Å². The van der Waals surface area contributed by atoms with Gasteiger partial charge in [0.1, 0.15) is 11.5 Å². The summed E-state index contributed by atoms with van der Waals surface area (Å²) in [6.07, 6.45) is 0. The number of carbonyl (C=O) groups excluding carboxylic acids is 2. The van der Waals surface area contributed by atoms with E-state index in [4.69, 9.17) is 4.74 Å². The molecule has 0 aliphatic carbocycles. The number of aryl methyl sites for hydroxylation is 2. The van der Waals surface area contributed by atoms with Crippen LogP contribution in [0.3, 0.4) is 0 Å². The maximum Gasteiger partial charge on any atom is 0.295 e. The zero-order valence-electron chi connectivity index (χ0n) is 21.8. The molecule has 0 spiro atoms. The van der Waals surface area contributed by atoms with Crippen molar-refractivity contribution in [2.24, 2.45) is 5.92 Å². The van der Waals surface area contributed by atoms with Crippen LogP contribution in [0.5, 0.6) is 5.75 Å². The maximum atomic E-state index is 13.3. The molecule has 2 aromatic rings. The van der Waals surface area contributed by atoms with Crippen molar-refractivity contribution in [3.63, 3.8) is 0 Å². The summed E-state index contributed by atoms with van der Waals surface area (Å²) in [5, 5.41) is 11.4. The number of hydrogen-bond donors (Lipinski definition) is 1. The second-order valence-electron chi connectivity index (χ2n) is 9.61. The van der Waals surface area contributed by atoms with Gasteiger partial charge in [0.05, 0.1) is 18.2 Å². The van der Waals surface area contributed by atoms with Gasteiger partial charge in [0.2, 0.25) is 0 Å². The highest BCUT2D eigenvalue weighted by Gasteiger charge is 2.46. The Hall–Kier alpha value is -3.12. The van der Waals surface area contributed by atoms with Crippen molar-refractivity contribution in [3.05, 3.63) is 70.3 Å². The van der Waals surface area contributed by atoms with Crippen LogP contribution in [0.25, 0.3) is 5.76 Å². The molecule has 0 unspecified atom stereocenters. The van der Waals surface area contributed by atoms with Gasteiger partial charge in [0.15, 0.2) is 0 Å². The largest absolute Gasteiger partial charge is 0.507 e. The minimum Gasteiger partial charge on any atom is -0.507 e. The van der Waals surface area contributed by atoms with E-state index in [0.29, 0.717) is 36.9 Å². The Morgan fingerprint density at radius 3 is 2.29 bits per heavy atom. The number of likely N-dealkylation sites (tertiary alicyclic amines) is 1. The van der Waals surface area contributed by atoms with Crippen molar-refractivity contribution in [1.29, 1.82) is 0 Å². The van der Waals surface area contributed by atoms with Gasteiger partial charge in [-0.1, -0.05) is 57.5 Å². The first-order valence-corrected chi connectivity index (χ1v) is 12.5. The summed E-state index contributed by atoms with van der Waals surface area (Å²) in [7, 11) is 0. The summed E-state index contributed by atoms with van der Waals surface area (Å²) in [6, 6.07) is 12.6. The molecule has 1 aliphatic heterocycles. The Labute approximate surface area is 209 Å². The standard InChI is InChI=1S/C29H38N2O4/c1-7-30(8-2)15-16-31-26(22-11-9-20(5)10-12-22)25(28(33)29(31)34)27(32)24-14-13-23(17-21(24)6)35-18-19(3)4/h9-14,17,19,26,32H,7-8,15-16,18H2,1-6H3/t26-/m0/s1. The number of Topliss-reactive ketones (excluding diaryl/α,β-unsaturated/α-hetero) is 1. The molecule has 1 aliphatic rings. The van der Waals surface area contributed by atoms with Crippen molar-refractivity contribution in [2.45, 2.75) is 47.6 Å². The van der Waals surface area contributed by atoms with Crippen LogP contribution in [0.1, 0.15) is 56.0 Å². The third-order valence-electron chi connectivity index (χ3n) is 6.52. The van der Waals surface area contributed by atoms with Crippen molar-refractivity contribution in [2.75, 3.05) is 32.8 Å². The topological polar surface area (TPSA) is 70.1 Å². The average molecular weight is 479 g/mol. The summed E-state index contributed by atoms with van der Waals surface area (Å²) >= 11 is 0. The zero-order chi connectivity index (χ0) is 25.7. The van der Waals surface area contributed by atoms with Gasteiger partial charge in [0, 0.05) is 18.7 Å². The van der Waals surface area contributed by atoms with E-state index in [1.807, 2.05) is 44.2 Å². The van der Waals surface area contributed by atoms with E-state index in [0.717, 1.165) is 29.8 Å². The smallest absolute Gasteiger partial charge is 0.295 e. The fourth-order valence-electron chi connectivity index (χ4n) is 4.39. The molecule has 1 amide bonds. The summed E-state index contributed by atoms with van der Waals surface area (Å²) in [4.78, 5) is 30.3. The molecule has 0 radical (unpaired) electrons. The quantitative estimate of drug-likeness (QED) is 0.292. The molecule has 0 aromatic heterocycles. The minimum absolute atomic E-state index is 0.136. The number of nitrogens with zero attached hydrogens (tertiary/aromatic N) is 2. The number of carbonyl (C=O) groups is 2. The van der Waals surface area contributed by atoms with Gasteiger partial charge in [-0.15, -0.1) is 0 Å². The van der Waals surface area contributed by atoms with E-state index in [1.165, 1.54) is 0 Å². The SMILES string of the molecule is CCN(CC)CCN1C(=O)C(=O)C(=C(O)c2ccc(OCC(C)C)cc2C)[C@@H]1c1ccc(C)cc1. The number of likely N-dealkylation sites (N-methyl/N-ethyl adjacent to an activating group) is 1. The third kappa shape index (κ3) is 5.93. The number of benzene rings is 2. The molecule has 1 N–H and O–H groups in total. The lowest BCUT2D eigenvalue weighted by atomic mass is 9.93. The lowest BCUT2D eigenvalue weighted by molar-refractivity contribution is -0.140. The first kappa shape index (κ1) is 26.5. The molecule has 35 heavy (non-hydrogen) atoms. The van der Waals surface area contributed by atoms with E-state index in [1.54, 1.807) is 17.0 Å². The molecular formula is C29H38N2O4. The molecule has 1 heterocycles. The van der Waals surface area contributed by atoms with Crippen LogP contribution in [0.15, 0.2) is 48.0 Å². The highest BCUT2D eigenvalue weighted by atomic mass is 16.5. The predicted octanol–water partition coefficient (Wildman–Crippen LogP) is 5.10. The molecule has 6 heteroatoms. The maximum absolute atomic E-state index is 13.3. The third-order valence-corrected chi connectivity index (χ3v) is 6.52. The number of hydrogen-bond acceptors (Lipinski definition) is 5. The highest BCUT2D eigenvalue weighted by Crippen LogP contribution is 2.40. The van der Waals surface area contributed by atoms with E-state index >= 15 is 0 Å². The minimum atomic E-state index is -0.646. The van der Waals surface area contributed by atoms with E-state index < -0.39 is 17.7 Å². The normalized spacial score (nSPS) is 17.6. The number of ketones is 1. The second kappa shape index (κ2) is 11.5. The highest BCUT2D eigenvalue weighted by molar-refractivity contribution is 6.46. The Balaban J connectivity index is 2.05. The molecule has 6 nitrogen and oxygen atoms in total. The molecule has 1 atom stereocenters. The number of aliphatic hydroxyl groups is 1. The molecule has 0 saturated carbocycles. The van der Waals surface area contributed by atoms with Crippen molar-refractivity contribution in [1.82, 2.24) is 9.80 Å². The molecular weight excluding hydrogens is 440 g/mol. The second-order valence-corrected chi connectivity index (χ2v) is 9.61. The number of ether oxygens (including phenoxy) is 1. The monoisotopic (exact) mass is 478 g/mol. The molecule has 188 valence electrons. The molecule has 1 saturated heterocycles. The fourth-order valence-corrected chi connectivity index (χ4v) is 4.39. The first-order chi connectivity index (χ1) is 16.7. The first-order valence-electron chi connectivity index (χ1n) is 12.5. The van der Waals surface area contributed by atoms with Gasteiger partial charge in [-0.2, -0.15) is 0 Å². The van der Waals surface area contributed by atoms with Gasteiger partial charge < -0.3 is 19.6 Å².